The number of amides is 1. The second-order valence-electron chi connectivity index (χ2n) is 5.86. The van der Waals surface area contributed by atoms with Crippen molar-refractivity contribution in [1.29, 1.82) is 0 Å². The summed E-state index contributed by atoms with van der Waals surface area (Å²) in [5.74, 6) is -0.337. The molecule has 0 aliphatic carbocycles. The maximum atomic E-state index is 12.2. The van der Waals surface area contributed by atoms with Gasteiger partial charge in [-0.15, -0.1) is 0 Å². The zero-order valence-corrected chi connectivity index (χ0v) is 15.2. The maximum absolute atomic E-state index is 12.2. The molecule has 2 heterocycles. The van der Waals surface area contributed by atoms with Crippen molar-refractivity contribution >= 4 is 38.4 Å². The molecule has 1 aromatic heterocycles. The van der Waals surface area contributed by atoms with Crippen molar-refractivity contribution in [3.63, 3.8) is 0 Å². The van der Waals surface area contributed by atoms with Crippen LogP contribution in [0.5, 0.6) is 0 Å². The predicted octanol–water partition coefficient (Wildman–Crippen LogP) is 1.14. The van der Waals surface area contributed by atoms with Crippen LogP contribution in [0, 0.1) is 0 Å². The van der Waals surface area contributed by atoms with E-state index in [1.807, 2.05) is 6.07 Å². The van der Waals surface area contributed by atoms with E-state index in [9.17, 15) is 13.2 Å². The lowest BCUT2D eigenvalue weighted by Gasteiger charge is -2.26. The monoisotopic (exact) mass is 385 g/mol. The minimum Gasteiger partial charge on any atom is -0.379 e. The Balaban J connectivity index is 1.53. The highest BCUT2D eigenvalue weighted by molar-refractivity contribution is 7.89. The van der Waals surface area contributed by atoms with Crippen molar-refractivity contribution in [2.45, 2.75) is 6.42 Å². The Morgan fingerprint density at radius 2 is 2.08 bits per heavy atom. The van der Waals surface area contributed by atoms with Gasteiger partial charge in [0.2, 0.25) is 15.9 Å². The summed E-state index contributed by atoms with van der Waals surface area (Å²) in [5.41, 5.74) is 1.73. The van der Waals surface area contributed by atoms with Gasteiger partial charge in [0.15, 0.2) is 0 Å². The van der Waals surface area contributed by atoms with Gasteiger partial charge in [-0.25, -0.2) is 8.42 Å². The standard InChI is InChI=1S/C16H20ClN3O4S/c17-13-1-2-15-14(10-13)12(11-19-15)9-16(21)18-3-8-25(22,23)20-4-6-24-7-5-20/h1-2,10-11,19H,3-9H2,(H,18,21). The zero-order chi connectivity index (χ0) is 17.9. The summed E-state index contributed by atoms with van der Waals surface area (Å²) in [6, 6.07) is 5.44. The van der Waals surface area contributed by atoms with Gasteiger partial charge in [0.05, 0.1) is 25.4 Å². The Hall–Kier alpha value is -1.61. The van der Waals surface area contributed by atoms with Crippen LogP contribution in [0.25, 0.3) is 10.9 Å². The number of hydrogen-bond donors (Lipinski definition) is 2. The molecule has 0 spiro atoms. The number of sulfonamides is 1. The molecule has 1 amide bonds. The quantitative estimate of drug-likeness (QED) is 0.780. The van der Waals surface area contributed by atoms with Crippen molar-refractivity contribution < 1.29 is 17.9 Å². The summed E-state index contributed by atoms with van der Waals surface area (Å²) in [5, 5.41) is 4.17. The van der Waals surface area contributed by atoms with Crippen molar-refractivity contribution in [1.82, 2.24) is 14.6 Å². The van der Waals surface area contributed by atoms with E-state index >= 15 is 0 Å². The number of aromatic nitrogens is 1. The van der Waals surface area contributed by atoms with Gasteiger partial charge in [-0.05, 0) is 23.8 Å². The highest BCUT2D eigenvalue weighted by atomic mass is 35.5. The lowest BCUT2D eigenvalue weighted by molar-refractivity contribution is -0.120. The Bertz CT molecular complexity index is 859. The molecule has 2 N–H and O–H groups in total. The normalized spacial score (nSPS) is 16.2. The van der Waals surface area contributed by atoms with E-state index < -0.39 is 10.0 Å². The zero-order valence-electron chi connectivity index (χ0n) is 13.6. The molecule has 136 valence electrons. The molecule has 0 radical (unpaired) electrons. The lowest BCUT2D eigenvalue weighted by Crippen LogP contribution is -2.43. The van der Waals surface area contributed by atoms with Crippen LogP contribution < -0.4 is 5.32 Å². The number of benzene rings is 1. The summed E-state index contributed by atoms with van der Waals surface area (Å²) in [6.45, 7) is 1.64. The number of fused-ring (bicyclic) bond motifs is 1. The smallest absolute Gasteiger partial charge is 0.224 e. The average molecular weight is 386 g/mol. The van der Waals surface area contributed by atoms with Crippen LogP contribution in [-0.4, -0.2) is 62.2 Å². The highest BCUT2D eigenvalue weighted by Crippen LogP contribution is 2.22. The van der Waals surface area contributed by atoms with E-state index in [1.54, 1.807) is 18.3 Å². The van der Waals surface area contributed by atoms with Crippen LogP contribution in [-0.2, 0) is 26.0 Å². The van der Waals surface area contributed by atoms with E-state index in [0.29, 0.717) is 31.3 Å². The summed E-state index contributed by atoms with van der Waals surface area (Å²) in [4.78, 5) is 15.2. The Morgan fingerprint density at radius 1 is 1.32 bits per heavy atom. The highest BCUT2D eigenvalue weighted by Gasteiger charge is 2.24. The summed E-state index contributed by atoms with van der Waals surface area (Å²) < 4.78 is 31.0. The van der Waals surface area contributed by atoms with Crippen molar-refractivity contribution in [3.8, 4) is 0 Å². The minimum atomic E-state index is -3.37. The van der Waals surface area contributed by atoms with Crippen LogP contribution in [0.1, 0.15) is 5.56 Å². The van der Waals surface area contributed by atoms with Crippen LogP contribution >= 0.6 is 11.6 Å². The van der Waals surface area contributed by atoms with E-state index in [-0.39, 0.29) is 24.6 Å². The van der Waals surface area contributed by atoms with Gasteiger partial charge in [-0.2, -0.15) is 4.31 Å². The Morgan fingerprint density at radius 3 is 2.84 bits per heavy atom. The minimum absolute atomic E-state index is 0.0850. The average Bonchev–Trinajstić information content (AvgIpc) is 2.97. The lowest BCUT2D eigenvalue weighted by atomic mass is 10.1. The molecular formula is C16H20ClN3O4S. The number of ether oxygens (including phenoxy) is 1. The van der Waals surface area contributed by atoms with E-state index in [0.717, 1.165) is 16.5 Å². The van der Waals surface area contributed by atoms with Crippen LogP contribution in [0.4, 0.5) is 0 Å². The van der Waals surface area contributed by atoms with Gasteiger partial charge < -0.3 is 15.0 Å². The third-order valence-electron chi connectivity index (χ3n) is 4.13. The molecule has 1 fully saturated rings. The van der Waals surface area contributed by atoms with E-state index in [2.05, 4.69) is 10.3 Å². The summed E-state index contributed by atoms with van der Waals surface area (Å²) in [7, 11) is -3.37. The number of carbonyl (C=O) groups excluding carboxylic acids is 1. The Kier molecular flexibility index (Phi) is 5.63. The Labute approximate surface area is 151 Å². The van der Waals surface area contributed by atoms with Gasteiger partial charge in [0, 0.05) is 41.8 Å². The van der Waals surface area contributed by atoms with Gasteiger partial charge in [-0.3, -0.25) is 4.79 Å². The first-order valence-corrected chi connectivity index (χ1v) is 10.0. The molecule has 1 aliphatic heterocycles. The molecule has 2 aromatic rings. The molecule has 0 bridgehead atoms. The topological polar surface area (TPSA) is 91.5 Å². The summed E-state index contributed by atoms with van der Waals surface area (Å²) in [6.07, 6.45) is 1.93. The van der Waals surface area contributed by atoms with Gasteiger partial charge in [0.25, 0.3) is 0 Å². The first-order chi connectivity index (χ1) is 12.0. The fourth-order valence-electron chi connectivity index (χ4n) is 2.81. The number of nitrogens with one attached hydrogen (secondary N) is 2. The van der Waals surface area contributed by atoms with E-state index in [1.165, 1.54) is 4.31 Å². The largest absolute Gasteiger partial charge is 0.379 e. The number of halogens is 1. The van der Waals surface area contributed by atoms with Crippen molar-refractivity contribution in [2.75, 3.05) is 38.6 Å². The summed E-state index contributed by atoms with van der Waals surface area (Å²) >= 11 is 6.00. The first kappa shape index (κ1) is 18.2. The second kappa shape index (κ2) is 7.74. The number of hydrogen-bond acceptors (Lipinski definition) is 4. The fraction of sp³-hybridized carbons (Fsp3) is 0.438. The van der Waals surface area contributed by atoms with Crippen molar-refractivity contribution in [2.24, 2.45) is 0 Å². The molecule has 1 saturated heterocycles. The molecular weight excluding hydrogens is 366 g/mol. The molecule has 9 heteroatoms. The van der Waals surface area contributed by atoms with Gasteiger partial charge in [0.1, 0.15) is 0 Å². The molecule has 25 heavy (non-hydrogen) atoms. The van der Waals surface area contributed by atoms with E-state index in [4.69, 9.17) is 16.3 Å². The third-order valence-corrected chi connectivity index (χ3v) is 6.23. The number of rotatable bonds is 6. The first-order valence-electron chi connectivity index (χ1n) is 8.03. The maximum Gasteiger partial charge on any atom is 0.224 e. The predicted molar refractivity (Wildman–Crippen MR) is 96.2 cm³/mol. The molecule has 3 rings (SSSR count). The number of nitrogens with zero attached hydrogens (tertiary/aromatic N) is 1. The molecule has 1 aliphatic rings. The van der Waals surface area contributed by atoms with Crippen molar-refractivity contribution in [3.05, 3.63) is 35.0 Å². The molecule has 0 atom stereocenters. The molecule has 0 saturated carbocycles. The number of aromatic amines is 1. The number of H-pyrrole nitrogens is 1. The fourth-order valence-corrected chi connectivity index (χ4v) is 4.30. The third kappa shape index (κ3) is 4.52. The van der Waals surface area contributed by atoms with Gasteiger partial charge >= 0.3 is 0 Å². The second-order valence-corrected chi connectivity index (χ2v) is 8.38. The SMILES string of the molecule is O=C(Cc1c[nH]c2ccc(Cl)cc12)NCCS(=O)(=O)N1CCOCC1. The van der Waals surface area contributed by atoms with Crippen LogP contribution in [0.15, 0.2) is 24.4 Å². The molecule has 1 aromatic carbocycles. The number of morpholine rings is 1. The van der Waals surface area contributed by atoms with Crippen LogP contribution in [0.3, 0.4) is 0 Å². The van der Waals surface area contributed by atoms with Crippen LogP contribution in [0.2, 0.25) is 5.02 Å². The van der Waals surface area contributed by atoms with Gasteiger partial charge in [-0.1, -0.05) is 11.6 Å². The number of carbonyl (C=O) groups is 1. The molecule has 0 unspecified atom stereocenters. The molecule has 7 nitrogen and oxygen atoms in total.